The predicted octanol–water partition coefficient (Wildman–Crippen LogP) is 6.27. The minimum Gasteiger partial charge on any atom is -0.343 e. The summed E-state index contributed by atoms with van der Waals surface area (Å²) < 4.78 is 0. The zero-order chi connectivity index (χ0) is 22.0. The maximum atomic E-state index is 12.0. The summed E-state index contributed by atoms with van der Waals surface area (Å²) >= 11 is 0. The lowest BCUT2D eigenvalue weighted by atomic mass is 9.44. The molecule has 3 saturated carbocycles. The Morgan fingerprint density at radius 2 is 1.90 bits per heavy atom. The molecule has 0 N–H and O–H groups in total. The topological polar surface area (TPSA) is 33.2 Å². The monoisotopic (exact) mass is 420 g/mol. The average molecular weight is 421 g/mol. The third kappa shape index (κ3) is 3.21. The molecular weight excluding hydrogens is 380 g/mol. The maximum Gasteiger partial charge on any atom is 0.219 e. The normalized spacial score (nSPS) is 41.6. The van der Waals surface area contributed by atoms with Crippen LogP contribution in [0.25, 0.3) is 5.57 Å². The summed E-state index contributed by atoms with van der Waals surface area (Å²) in [5.74, 6) is 3.52. The van der Waals surface area contributed by atoms with E-state index in [0.717, 1.165) is 23.7 Å². The molecule has 0 spiro atoms. The third-order valence-corrected chi connectivity index (χ3v) is 10.4. The number of nitrogens with zero attached hydrogens (tertiary/aromatic N) is 2. The van der Waals surface area contributed by atoms with E-state index in [0.29, 0.717) is 16.9 Å². The van der Waals surface area contributed by atoms with Crippen molar-refractivity contribution in [2.75, 3.05) is 7.05 Å². The Bertz CT molecular complexity index is 906. The van der Waals surface area contributed by atoms with Crippen LogP contribution >= 0.6 is 0 Å². The number of amides is 1. The highest BCUT2D eigenvalue weighted by Gasteiger charge is 2.58. The van der Waals surface area contributed by atoms with Crippen LogP contribution in [-0.4, -0.2) is 28.9 Å². The molecule has 1 unspecified atom stereocenters. The number of carbonyl (C=O) groups is 1. The molecule has 3 fully saturated rings. The number of allylic oxidation sites excluding steroid dienone is 2. The summed E-state index contributed by atoms with van der Waals surface area (Å²) in [6.45, 7) is 9.06. The maximum absolute atomic E-state index is 12.0. The first-order chi connectivity index (χ1) is 14.7. The summed E-state index contributed by atoms with van der Waals surface area (Å²) in [4.78, 5) is 18.5. The van der Waals surface area contributed by atoms with Crippen molar-refractivity contribution in [1.82, 2.24) is 9.88 Å². The number of fused-ring (bicyclic) bond motifs is 5. The van der Waals surface area contributed by atoms with Crippen LogP contribution in [0.15, 0.2) is 24.5 Å². The molecular formula is C28H40N2O. The molecule has 4 aliphatic rings. The molecule has 1 aromatic heterocycles. The second-order valence-corrected chi connectivity index (χ2v) is 11.8. The van der Waals surface area contributed by atoms with Crippen molar-refractivity contribution in [1.29, 1.82) is 0 Å². The highest BCUT2D eigenvalue weighted by atomic mass is 16.2. The van der Waals surface area contributed by atoms with E-state index >= 15 is 0 Å². The lowest BCUT2D eigenvalue weighted by Gasteiger charge is -2.61. The van der Waals surface area contributed by atoms with Crippen molar-refractivity contribution in [3.63, 3.8) is 0 Å². The summed E-state index contributed by atoms with van der Waals surface area (Å²) in [6.07, 6.45) is 17.0. The molecule has 7 atom stereocenters. The summed E-state index contributed by atoms with van der Waals surface area (Å²) in [5.41, 5.74) is 4.97. The van der Waals surface area contributed by atoms with E-state index in [-0.39, 0.29) is 5.91 Å². The summed E-state index contributed by atoms with van der Waals surface area (Å²) in [7, 11) is 2.01. The average Bonchev–Trinajstić information content (AvgIpc) is 3.10. The lowest BCUT2D eigenvalue weighted by molar-refractivity contribution is -0.136. The van der Waals surface area contributed by atoms with Gasteiger partial charge in [-0.25, -0.2) is 0 Å². The van der Waals surface area contributed by atoms with Gasteiger partial charge in [-0.05, 0) is 116 Å². The number of rotatable bonds is 2. The fourth-order valence-corrected chi connectivity index (χ4v) is 8.56. The van der Waals surface area contributed by atoms with Gasteiger partial charge in [0.1, 0.15) is 0 Å². The minimum atomic E-state index is 0.228. The second kappa shape index (κ2) is 7.46. The largest absolute Gasteiger partial charge is 0.343 e. The lowest BCUT2D eigenvalue weighted by Crippen LogP contribution is -2.55. The van der Waals surface area contributed by atoms with Crippen LogP contribution in [0.3, 0.4) is 0 Å². The molecule has 1 amide bonds. The van der Waals surface area contributed by atoms with Crippen LogP contribution in [0.1, 0.15) is 83.3 Å². The highest BCUT2D eigenvalue weighted by Crippen LogP contribution is 2.67. The van der Waals surface area contributed by atoms with Crippen molar-refractivity contribution in [3.8, 4) is 0 Å². The van der Waals surface area contributed by atoms with Crippen molar-refractivity contribution in [3.05, 3.63) is 35.7 Å². The molecule has 5 rings (SSSR count). The van der Waals surface area contributed by atoms with Crippen LogP contribution in [0, 0.1) is 41.4 Å². The van der Waals surface area contributed by atoms with Gasteiger partial charge in [-0.1, -0.05) is 19.9 Å². The van der Waals surface area contributed by atoms with E-state index in [1.807, 2.05) is 18.1 Å². The van der Waals surface area contributed by atoms with E-state index < -0.39 is 0 Å². The first-order valence-electron chi connectivity index (χ1n) is 12.6. The molecule has 168 valence electrons. The molecule has 1 aromatic rings. The highest BCUT2D eigenvalue weighted by molar-refractivity contribution is 5.73. The standard InChI is InChI=1S/C28H40N2O/c1-18-14-20(17-29-16-18)24-8-9-25-23-7-6-21-15-22(30(5)19(2)31)10-12-27(21,3)26(23)11-13-28(24,25)4/h8,14,16-17,21-23,25-26H,6-7,9-13,15H2,1-5H3/t21?,22-,23-,25-,26-,27-,28+/m0/s1. The fraction of sp³-hybridized carbons (Fsp3) is 0.714. The van der Waals surface area contributed by atoms with Gasteiger partial charge < -0.3 is 4.90 Å². The second-order valence-electron chi connectivity index (χ2n) is 11.8. The molecule has 0 aromatic carbocycles. The molecule has 0 bridgehead atoms. The van der Waals surface area contributed by atoms with Gasteiger partial charge in [0.05, 0.1) is 0 Å². The Kier molecular flexibility index (Phi) is 5.10. The van der Waals surface area contributed by atoms with E-state index in [1.165, 1.54) is 62.5 Å². The number of aryl methyl sites for hydroxylation is 1. The van der Waals surface area contributed by atoms with Crippen molar-refractivity contribution >= 4 is 11.5 Å². The zero-order valence-corrected chi connectivity index (χ0v) is 20.2. The van der Waals surface area contributed by atoms with Gasteiger partial charge in [-0.3, -0.25) is 9.78 Å². The van der Waals surface area contributed by atoms with Crippen LogP contribution in [0.4, 0.5) is 0 Å². The molecule has 0 aliphatic heterocycles. The van der Waals surface area contributed by atoms with E-state index in [9.17, 15) is 4.79 Å². The Morgan fingerprint density at radius 1 is 1.10 bits per heavy atom. The molecule has 4 aliphatic carbocycles. The smallest absolute Gasteiger partial charge is 0.219 e. The number of hydrogen-bond donors (Lipinski definition) is 0. The van der Waals surface area contributed by atoms with Gasteiger partial charge in [0, 0.05) is 32.4 Å². The first kappa shape index (κ1) is 21.2. The first-order valence-corrected chi connectivity index (χ1v) is 12.6. The van der Waals surface area contributed by atoms with Crippen molar-refractivity contribution in [2.24, 2.45) is 34.5 Å². The zero-order valence-electron chi connectivity index (χ0n) is 20.2. The predicted molar refractivity (Wildman–Crippen MR) is 126 cm³/mol. The molecule has 3 heteroatoms. The van der Waals surface area contributed by atoms with Gasteiger partial charge in [0.25, 0.3) is 0 Å². The van der Waals surface area contributed by atoms with Crippen molar-refractivity contribution < 1.29 is 4.79 Å². The Labute approximate surface area is 188 Å². The number of hydrogen-bond acceptors (Lipinski definition) is 2. The van der Waals surface area contributed by atoms with Gasteiger partial charge >= 0.3 is 0 Å². The number of aromatic nitrogens is 1. The van der Waals surface area contributed by atoms with Crippen LogP contribution < -0.4 is 0 Å². The molecule has 31 heavy (non-hydrogen) atoms. The molecule has 3 nitrogen and oxygen atoms in total. The molecule has 1 heterocycles. The minimum absolute atomic E-state index is 0.228. The summed E-state index contributed by atoms with van der Waals surface area (Å²) in [6, 6.07) is 2.79. The van der Waals surface area contributed by atoms with E-state index in [1.54, 1.807) is 12.5 Å². The SMILES string of the molecule is CC(=O)N(C)[C@H]1CC[C@@]2(C)C(CC[C@@H]3[C@@H]2CC[C@]2(C)C(c4cncc(C)c4)=CC[C@@H]32)C1. The van der Waals surface area contributed by atoms with E-state index in [4.69, 9.17) is 0 Å². The number of pyridine rings is 1. The van der Waals surface area contributed by atoms with Gasteiger partial charge in [-0.2, -0.15) is 0 Å². The third-order valence-electron chi connectivity index (χ3n) is 10.4. The van der Waals surface area contributed by atoms with Crippen molar-refractivity contribution in [2.45, 2.75) is 85.1 Å². The summed E-state index contributed by atoms with van der Waals surface area (Å²) in [5, 5.41) is 0. The van der Waals surface area contributed by atoms with Crippen LogP contribution in [0.5, 0.6) is 0 Å². The van der Waals surface area contributed by atoms with E-state index in [2.05, 4.69) is 44.1 Å². The Hall–Kier alpha value is -1.64. The molecule has 0 saturated heterocycles. The molecule has 0 radical (unpaired) electrons. The Balaban J connectivity index is 1.37. The van der Waals surface area contributed by atoms with Crippen LogP contribution in [-0.2, 0) is 4.79 Å². The quantitative estimate of drug-likeness (QED) is 0.565. The van der Waals surface area contributed by atoms with Gasteiger partial charge in [0.15, 0.2) is 0 Å². The fourth-order valence-electron chi connectivity index (χ4n) is 8.56. The number of carbonyl (C=O) groups excluding carboxylic acids is 1. The Morgan fingerprint density at radius 3 is 2.65 bits per heavy atom. The van der Waals surface area contributed by atoms with Gasteiger partial charge in [0.2, 0.25) is 5.91 Å². The van der Waals surface area contributed by atoms with Crippen LogP contribution in [0.2, 0.25) is 0 Å². The van der Waals surface area contributed by atoms with Gasteiger partial charge in [-0.15, -0.1) is 0 Å².